The normalized spacial score (nSPS) is 20.6. The van der Waals surface area contributed by atoms with Gasteiger partial charge in [-0.1, -0.05) is 5.18 Å². The number of hydrogen-bond acceptors (Lipinski definition) is 2. The van der Waals surface area contributed by atoms with Gasteiger partial charge in [0.25, 0.3) is 0 Å². The highest BCUT2D eigenvalue weighted by molar-refractivity contribution is 5.38. The topological polar surface area (TPSA) is 29.4 Å². The second-order valence-electron chi connectivity index (χ2n) is 2.80. The zero-order valence-corrected chi connectivity index (χ0v) is 7.10. The van der Waals surface area contributed by atoms with Gasteiger partial charge in [0, 0.05) is 43.2 Å². The Morgan fingerprint density at radius 1 is 1.67 bits per heavy atom. The lowest BCUT2D eigenvalue weighted by molar-refractivity contribution is 0.751. The molecule has 0 N–H and O–H groups in total. The van der Waals surface area contributed by atoms with Gasteiger partial charge in [-0.25, -0.2) is 0 Å². The summed E-state index contributed by atoms with van der Waals surface area (Å²) in [5, 5.41) is 2.92. The molecule has 1 aliphatic rings. The van der Waals surface area contributed by atoms with Gasteiger partial charge in [-0.2, -0.15) is 4.91 Å². The van der Waals surface area contributed by atoms with Crippen molar-refractivity contribution in [1.29, 1.82) is 0 Å². The molecule has 0 aromatic carbocycles. The molecule has 0 aliphatic heterocycles. The first-order valence-electron chi connectivity index (χ1n) is 4.03. The van der Waals surface area contributed by atoms with Crippen LogP contribution in [0.1, 0.15) is 13.3 Å². The number of hydrogen-bond donors (Lipinski definition) is 0. The molecule has 1 rings (SSSR count). The number of rotatable bonds is 3. The molecule has 0 saturated heterocycles. The molecule has 0 heterocycles. The maximum atomic E-state index is 10.1. The second-order valence-corrected chi connectivity index (χ2v) is 2.80. The van der Waals surface area contributed by atoms with E-state index in [0.29, 0.717) is 6.42 Å². The van der Waals surface area contributed by atoms with Gasteiger partial charge in [-0.3, -0.25) is 0 Å². The van der Waals surface area contributed by atoms with E-state index in [1.165, 1.54) is 0 Å². The van der Waals surface area contributed by atoms with Crippen LogP contribution in [0.15, 0.2) is 41.1 Å². The van der Waals surface area contributed by atoms with Crippen LogP contribution in [0.25, 0.3) is 0 Å². The molecule has 2 nitrogen and oxygen atoms in total. The van der Waals surface area contributed by atoms with Gasteiger partial charge in [-0.15, -0.1) is 0 Å². The van der Waals surface area contributed by atoms with Crippen LogP contribution < -0.4 is 0 Å². The van der Waals surface area contributed by atoms with Crippen LogP contribution >= 0.6 is 0 Å². The third-order valence-corrected chi connectivity index (χ3v) is 1.67. The Bertz CT molecular complexity index is 238. The molecule has 62 valence electrons. The lowest BCUT2D eigenvalue weighted by atomic mass is 10.1. The third-order valence-electron chi connectivity index (χ3n) is 1.67. The zero-order valence-electron chi connectivity index (χ0n) is 7.10. The Kier molecular flexibility index (Phi) is 3.33. The minimum atomic E-state index is -0.120. The molecule has 1 aliphatic carbocycles. The van der Waals surface area contributed by atoms with Crippen molar-refractivity contribution in [3.05, 3.63) is 47.3 Å². The first kappa shape index (κ1) is 8.78. The summed E-state index contributed by atoms with van der Waals surface area (Å²) in [6, 6.07) is -0.120. The second kappa shape index (κ2) is 4.54. The number of nitrogens with zero attached hydrogens (tertiary/aromatic N) is 1. The van der Waals surface area contributed by atoms with Gasteiger partial charge in [-0.05, 0) is 6.92 Å². The standard InChI is InChI=1S/C10H12NO/c1-9(11-12)7-8-10-5-3-2-4-6-10/h2-6,8-9H,7H2,1H3/q+1. The minimum Gasteiger partial charge on any atom is -0.150 e. The minimum absolute atomic E-state index is 0.120. The average Bonchev–Trinajstić information content (AvgIpc) is 2.16. The van der Waals surface area contributed by atoms with Gasteiger partial charge >= 0.3 is 0 Å². The van der Waals surface area contributed by atoms with E-state index in [-0.39, 0.29) is 6.04 Å². The molecule has 0 radical (unpaired) electrons. The van der Waals surface area contributed by atoms with E-state index < -0.39 is 0 Å². The van der Waals surface area contributed by atoms with E-state index >= 15 is 0 Å². The zero-order chi connectivity index (χ0) is 8.81. The molecule has 0 fully saturated rings. The SMILES string of the molecule is CC(C/C=C1/C=CC=C[CH+]1)N=O. The fourth-order valence-electron chi connectivity index (χ4n) is 0.939. The van der Waals surface area contributed by atoms with Gasteiger partial charge < -0.3 is 0 Å². The van der Waals surface area contributed by atoms with Crippen molar-refractivity contribution >= 4 is 0 Å². The summed E-state index contributed by atoms with van der Waals surface area (Å²) in [7, 11) is 0. The Morgan fingerprint density at radius 2 is 2.50 bits per heavy atom. The molecule has 12 heavy (non-hydrogen) atoms. The average molecular weight is 162 g/mol. The van der Waals surface area contributed by atoms with Crippen LogP contribution in [0.2, 0.25) is 0 Å². The molecular formula is C10H12NO+. The summed E-state index contributed by atoms with van der Waals surface area (Å²) in [4.78, 5) is 10.1. The van der Waals surface area contributed by atoms with Crippen LogP contribution in [0.4, 0.5) is 0 Å². The van der Waals surface area contributed by atoms with Crippen molar-refractivity contribution in [2.24, 2.45) is 5.18 Å². The van der Waals surface area contributed by atoms with E-state index in [0.717, 1.165) is 5.57 Å². The molecule has 0 aromatic rings. The third kappa shape index (κ3) is 2.74. The largest absolute Gasteiger partial charge is 0.150 e. The first-order valence-corrected chi connectivity index (χ1v) is 4.03. The van der Waals surface area contributed by atoms with E-state index in [2.05, 4.69) is 5.18 Å². The maximum Gasteiger partial charge on any atom is 0.101 e. The summed E-state index contributed by atoms with van der Waals surface area (Å²) < 4.78 is 0. The molecule has 1 unspecified atom stereocenters. The van der Waals surface area contributed by atoms with Crippen LogP contribution in [0.3, 0.4) is 0 Å². The predicted octanol–water partition coefficient (Wildman–Crippen LogP) is 2.79. The molecule has 0 spiro atoms. The number of allylic oxidation sites excluding steroid dienone is 5. The van der Waals surface area contributed by atoms with Gasteiger partial charge in [0.2, 0.25) is 0 Å². The Hall–Kier alpha value is -1.31. The Labute approximate surface area is 72.6 Å². The molecule has 0 saturated carbocycles. The monoisotopic (exact) mass is 162 g/mol. The highest BCUT2D eigenvalue weighted by Gasteiger charge is 2.04. The smallest absolute Gasteiger partial charge is 0.101 e. The highest BCUT2D eigenvalue weighted by atomic mass is 16.3. The van der Waals surface area contributed by atoms with Crippen molar-refractivity contribution in [2.75, 3.05) is 0 Å². The van der Waals surface area contributed by atoms with Crippen LogP contribution in [-0.2, 0) is 0 Å². The molecular weight excluding hydrogens is 150 g/mol. The summed E-state index contributed by atoms with van der Waals surface area (Å²) in [5.41, 5.74) is 1.15. The quantitative estimate of drug-likeness (QED) is 0.463. The summed E-state index contributed by atoms with van der Waals surface area (Å²) in [5.74, 6) is 0. The highest BCUT2D eigenvalue weighted by Crippen LogP contribution is 2.11. The van der Waals surface area contributed by atoms with Crippen LogP contribution in [0.5, 0.6) is 0 Å². The lowest BCUT2D eigenvalue weighted by Crippen LogP contribution is -1.94. The van der Waals surface area contributed by atoms with E-state index in [4.69, 9.17) is 0 Å². The molecule has 0 amide bonds. The number of nitroso groups, excluding NO2 is 1. The summed E-state index contributed by atoms with van der Waals surface area (Å²) in [6.07, 6.45) is 12.7. The summed E-state index contributed by atoms with van der Waals surface area (Å²) >= 11 is 0. The lowest BCUT2D eigenvalue weighted by Gasteiger charge is -1.95. The molecule has 2 heteroatoms. The predicted molar refractivity (Wildman–Crippen MR) is 50.5 cm³/mol. The first-order chi connectivity index (χ1) is 5.83. The van der Waals surface area contributed by atoms with Crippen molar-refractivity contribution in [2.45, 2.75) is 19.4 Å². The van der Waals surface area contributed by atoms with Gasteiger partial charge in [0.1, 0.15) is 6.04 Å². The van der Waals surface area contributed by atoms with E-state index in [1.54, 1.807) is 0 Å². The molecule has 0 aromatic heterocycles. The fraction of sp³-hybridized carbons (Fsp3) is 0.300. The van der Waals surface area contributed by atoms with Crippen LogP contribution in [0, 0.1) is 11.3 Å². The van der Waals surface area contributed by atoms with Crippen molar-refractivity contribution in [1.82, 2.24) is 0 Å². The van der Waals surface area contributed by atoms with Crippen LogP contribution in [-0.4, -0.2) is 6.04 Å². The van der Waals surface area contributed by atoms with Crippen molar-refractivity contribution in [3.8, 4) is 0 Å². The van der Waals surface area contributed by atoms with Gasteiger partial charge in [0.05, 0.1) is 5.57 Å². The summed E-state index contributed by atoms with van der Waals surface area (Å²) in [6.45, 7) is 1.81. The van der Waals surface area contributed by atoms with Gasteiger partial charge in [0.15, 0.2) is 0 Å². The fourth-order valence-corrected chi connectivity index (χ4v) is 0.939. The van der Waals surface area contributed by atoms with E-state index in [9.17, 15) is 4.91 Å². The van der Waals surface area contributed by atoms with E-state index in [1.807, 2.05) is 43.7 Å². The molecule has 1 atom stereocenters. The maximum absolute atomic E-state index is 10.1. The Balaban J connectivity index is 2.42. The van der Waals surface area contributed by atoms with Crippen molar-refractivity contribution in [3.63, 3.8) is 0 Å². The van der Waals surface area contributed by atoms with Crippen molar-refractivity contribution < 1.29 is 0 Å². The molecule has 0 bridgehead atoms. The Morgan fingerprint density at radius 3 is 3.08 bits per heavy atom.